The fourth-order valence-corrected chi connectivity index (χ4v) is 3.98. The second kappa shape index (κ2) is 7.69. The van der Waals surface area contributed by atoms with E-state index in [1.54, 1.807) is 10.9 Å². The van der Waals surface area contributed by atoms with Crippen molar-refractivity contribution >= 4 is 28.3 Å². The second-order valence-electron chi connectivity index (χ2n) is 6.98. The summed E-state index contributed by atoms with van der Waals surface area (Å²) in [5.74, 6) is -0.894. The van der Waals surface area contributed by atoms with E-state index in [-0.39, 0.29) is 16.3 Å². The Kier molecular flexibility index (Phi) is 5.18. The number of primary amides is 1. The summed E-state index contributed by atoms with van der Waals surface area (Å²) in [7, 11) is 0. The van der Waals surface area contributed by atoms with Gasteiger partial charge >= 0.3 is 6.18 Å². The Morgan fingerprint density at radius 2 is 1.90 bits per heavy atom. The van der Waals surface area contributed by atoms with Crippen molar-refractivity contribution in [1.82, 2.24) is 14.5 Å². The number of aryl methyl sites for hydroxylation is 2. The highest BCUT2D eigenvalue weighted by Gasteiger charge is 2.33. The van der Waals surface area contributed by atoms with Crippen LogP contribution in [-0.4, -0.2) is 20.4 Å². The molecule has 0 unspecified atom stereocenters. The molecule has 1 amide bonds. The highest BCUT2D eigenvalue weighted by atomic mass is 32.1. The molecule has 0 radical (unpaired) electrons. The molecular weight excluding hydrogens is 429 g/mol. The van der Waals surface area contributed by atoms with Gasteiger partial charge in [0.2, 0.25) is 5.88 Å². The quantitative estimate of drug-likeness (QED) is 0.478. The Hall–Kier alpha value is -3.40. The lowest BCUT2D eigenvalue weighted by atomic mass is 10.1. The summed E-state index contributed by atoms with van der Waals surface area (Å²) in [6.45, 7) is 3.53. The van der Waals surface area contributed by atoms with Gasteiger partial charge in [-0.2, -0.15) is 18.2 Å². The van der Waals surface area contributed by atoms with E-state index in [4.69, 9.17) is 10.5 Å². The number of ether oxygens (including phenoxy) is 1. The fourth-order valence-electron chi connectivity index (χ4n) is 3.14. The molecule has 0 bridgehead atoms. The summed E-state index contributed by atoms with van der Waals surface area (Å²) in [5, 5.41) is 0.374. The smallest absolute Gasteiger partial charge is 0.416 e. The number of carbonyl (C=O) groups excluding carboxylic acids is 1. The van der Waals surface area contributed by atoms with Gasteiger partial charge in [0.05, 0.1) is 16.6 Å². The van der Waals surface area contributed by atoms with Crippen LogP contribution in [0.1, 0.15) is 31.9 Å². The first-order valence-electron chi connectivity index (χ1n) is 9.18. The molecule has 0 fully saturated rings. The first kappa shape index (κ1) is 20.9. The van der Waals surface area contributed by atoms with Gasteiger partial charge in [0.1, 0.15) is 12.9 Å². The van der Waals surface area contributed by atoms with Crippen molar-refractivity contribution < 1.29 is 22.7 Å². The lowest BCUT2D eigenvalue weighted by Crippen LogP contribution is -2.13. The molecule has 0 aliphatic heterocycles. The SMILES string of the molecule is Cc1cc2ncn(-c3nc(OCc4ccccc4C(F)(F)F)c(C(N)=O)s3)c2cc1C. The predicted molar refractivity (Wildman–Crippen MR) is 111 cm³/mol. The van der Waals surface area contributed by atoms with Crippen LogP contribution in [0.25, 0.3) is 16.2 Å². The van der Waals surface area contributed by atoms with Gasteiger partial charge in [0.25, 0.3) is 5.91 Å². The maximum Gasteiger partial charge on any atom is 0.416 e. The van der Waals surface area contributed by atoms with Crippen LogP contribution in [-0.2, 0) is 12.8 Å². The van der Waals surface area contributed by atoms with Crippen LogP contribution in [0.2, 0.25) is 0 Å². The average Bonchev–Trinajstić information content (AvgIpc) is 3.30. The van der Waals surface area contributed by atoms with E-state index in [1.807, 2.05) is 26.0 Å². The zero-order chi connectivity index (χ0) is 22.3. The van der Waals surface area contributed by atoms with Gasteiger partial charge < -0.3 is 10.5 Å². The van der Waals surface area contributed by atoms with Crippen LogP contribution >= 0.6 is 11.3 Å². The van der Waals surface area contributed by atoms with E-state index in [0.29, 0.717) is 5.13 Å². The number of rotatable bonds is 5. The van der Waals surface area contributed by atoms with Gasteiger partial charge in [-0.1, -0.05) is 29.5 Å². The Balaban J connectivity index is 1.70. The number of halogens is 3. The number of amides is 1. The van der Waals surface area contributed by atoms with Crippen molar-refractivity contribution in [3.05, 3.63) is 69.9 Å². The number of nitrogens with zero attached hydrogens (tertiary/aromatic N) is 3. The van der Waals surface area contributed by atoms with E-state index in [9.17, 15) is 18.0 Å². The van der Waals surface area contributed by atoms with Crippen molar-refractivity contribution in [2.45, 2.75) is 26.6 Å². The maximum absolute atomic E-state index is 13.2. The summed E-state index contributed by atoms with van der Waals surface area (Å²) in [4.78, 5) is 20.6. The number of nitrogens with two attached hydrogens (primary N) is 1. The summed E-state index contributed by atoms with van der Waals surface area (Å²) in [6, 6.07) is 8.96. The number of thiazole rings is 1. The molecule has 4 rings (SSSR count). The van der Waals surface area contributed by atoms with Crippen LogP contribution < -0.4 is 10.5 Å². The Morgan fingerprint density at radius 1 is 1.19 bits per heavy atom. The monoisotopic (exact) mass is 446 g/mol. The van der Waals surface area contributed by atoms with Gasteiger partial charge in [-0.25, -0.2) is 4.98 Å². The third-order valence-corrected chi connectivity index (χ3v) is 5.92. The van der Waals surface area contributed by atoms with E-state index < -0.39 is 24.3 Å². The third kappa shape index (κ3) is 3.98. The highest BCUT2D eigenvalue weighted by Crippen LogP contribution is 2.34. The molecule has 2 aromatic carbocycles. The number of hydrogen-bond donors (Lipinski definition) is 1. The van der Waals surface area contributed by atoms with Crippen molar-refractivity contribution in [1.29, 1.82) is 0 Å². The molecule has 0 atom stereocenters. The first-order valence-corrected chi connectivity index (χ1v) is 10.00. The van der Waals surface area contributed by atoms with Gasteiger partial charge in [0.15, 0.2) is 10.0 Å². The molecule has 2 heterocycles. The fraction of sp³-hybridized carbons (Fsp3) is 0.190. The van der Waals surface area contributed by atoms with Crippen LogP contribution in [0.4, 0.5) is 13.2 Å². The molecule has 0 saturated heterocycles. The molecule has 10 heteroatoms. The Labute approximate surface area is 179 Å². The number of benzene rings is 2. The Bertz CT molecular complexity index is 1290. The van der Waals surface area contributed by atoms with Gasteiger partial charge in [-0.15, -0.1) is 0 Å². The molecule has 0 aliphatic carbocycles. The zero-order valence-electron chi connectivity index (χ0n) is 16.5. The molecule has 0 aliphatic rings. The van der Waals surface area contributed by atoms with Crippen LogP contribution in [0.5, 0.6) is 5.88 Å². The van der Waals surface area contributed by atoms with Crippen molar-refractivity contribution in [3.63, 3.8) is 0 Å². The summed E-state index contributed by atoms with van der Waals surface area (Å²) in [5.41, 5.74) is 8.25. The minimum atomic E-state index is -4.52. The highest BCUT2D eigenvalue weighted by molar-refractivity contribution is 7.16. The lowest BCUT2D eigenvalue weighted by molar-refractivity contribution is -0.138. The lowest BCUT2D eigenvalue weighted by Gasteiger charge is -2.12. The molecule has 0 saturated carbocycles. The summed E-state index contributed by atoms with van der Waals surface area (Å²) < 4.78 is 46.9. The minimum Gasteiger partial charge on any atom is -0.472 e. The second-order valence-corrected chi connectivity index (χ2v) is 7.96. The number of hydrogen-bond acceptors (Lipinski definition) is 5. The molecule has 160 valence electrons. The minimum absolute atomic E-state index is 0.0187. The van der Waals surface area contributed by atoms with E-state index in [2.05, 4.69) is 9.97 Å². The Morgan fingerprint density at radius 3 is 2.61 bits per heavy atom. The number of alkyl halides is 3. The number of imidazole rings is 1. The molecular formula is C21H17F3N4O2S. The van der Waals surface area contributed by atoms with Gasteiger partial charge in [0, 0.05) is 5.56 Å². The van der Waals surface area contributed by atoms with E-state index in [1.165, 1.54) is 18.2 Å². The molecule has 0 spiro atoms. The van der Waals surface area contributed by atoms with Crippen LogP contribution in [0.3, 0.4) is 0 Å². The first-order chi connectivity index (χ1) is 14.6. The zero-order valence-corrected chi connectivity index (χ0v) is 17.3. The van der Waals surface area contributed by atoms with Crippen molar-refractivity contribution in [2.75, 3.05) is 0 Å². The molecule has 6 nitrogen and oxygen atoms in total. The molecule has 2 N–H and O–H groups in total. The summed E-state index contributed by atoms with van der Waals surface area (Å²) >= 11 is 0.985. The third-order valence-electron chi connectivity index (χ3n) is 4.86. The van der Waals surface area contributed by atoms with Gasteiger partial charge in [-0.05, 0) is 43.2 Å². The van der Waals surface area contributed by atoms with E-state index >= 15 is 0 Å². The average molecular weight is 446 g/mol. The largest absolute Gasteiger partial charge is 0.472 e. The van der Waals surface area contributed by atoms with Gasteiger partial charge in [-0.3, -0.25) is 9.36 Å². The summed E-state index contributed by atoms with van der Waals surface area (Å²) in [6.07, 6.45) is -2.96. The van der Waals surface area contributed by atoms with E-state index in [0.717, 1.165) is 39.6 Å². The maximum atomic E-state index is 13.2. The molecule has 4 aromatic rings. The number of aromatic nitrogens is 3. The van der Waals surface area contributed by atoms with Crippen LogP contribution in [0, 0.1) is 13.8 Å². The normalized spacial score (nSPS) is 11.8. The molecule has 2 aromatic heterocycles. The van der Waals surface area contributed by atoms with Crippen LogP contribution in [0.15, 0.2) is 42.7 Å². The van der Waals surface area contributed by atoms with Crippen molar-refractivity contribution in [2.24, 2.45) is 5.73 Å². The number of carbonyl (C=O) groups is 1. The number of fused-ring (bicyclic) bond motifs is 1. The standard InChI is InChI=1S/C21H17F3N4O2S/c1-11-7-15-16(8-12(11)2)28(10-26-15)20-27-19(17(31-20)18(25)29)30-9-13-5-3-4-6-14(13)21(22,23)24/h3-8,10H,9H2,1-2H3,(H2,25,29). The predicted octanol–water partition coefficient (Wildman–Crippen LogP) is 4.80. The van der Waals surface area contributed by atoms with Crippen molar-refractivity contribution in [3.8, 4) is 11.0 Å². The topological polar surface area (TPSA) is 83.0 Å². The molecule has 31 heavy (non-hydrogen) atoms.